The van der Waals surface area contributed by atoms with Crippen molar-refractivity contribution in [3.63, 3.8) is 0 Å². The molecule has 1 aromatic carbocycles. The number of esters is 1. The van der Waals surface area contributed by atoms with Crippen molar-refractivity contribution < 1.29 is 19.4 Å². The van der Waals surface area contributed by atoms with Gasteiger partial charge in [0.05, 0.1) is 25.2 Å². The Hall–Kier alpha value is -1.55. The number of aryl methyl sites for hydroxylation is 1. The molecule has 0 amide bonds. The third kappa shape index (κ3) is 3.23. The standard InChI is InChI=1S/C19H28O4/c1-14-6-5-12-18(2,17(20)23-4)19(14,21)13-11-15-7-9-16(22-3)10-8-15/h7-10,14,21H,5-6,11-13H2,1-4H3/t14-,18+,19?/m1/s1. The van der Waals surface area contributed by atoms with E-state index in [0.717, 1.165) is 30.6 Å². The lowest BCUT2D eigenvalue weighted by atomic mass is 9.58. The average molecular weight is 320 g/mol. The number of aliphatic hydroxyl groups is 1. The van der Waals surface area contributed by atoms with Crippen molar-refractivity contribution in [3.05, 3.63) is 29.8 Å². The monoisotopic (exact) mass is 320 g/mol. The third-order valence-corrected chi connectivity index (χ3v) is 5.67. The molecule has 128 valence electrons. The molecule has 1 aliphatic rings. The summed E-state index contributed by atoms with van der Waals surface area (Å²) in [7, 11) is 3.04. The van der Waals surface area contributed by atoms with Crippen LogP contribution >= 0.6 is 0 Å². The Morgan fingerprint density at radius 3 is 2.52 bits per heavy atom. The van der Waals surface area contributed by atoms with Crippen LogP contribution in [-0.2, 0) is 16.0 Å². The molecule has 0 aliphatic heterocycles. The normalized spacial score (nSPS) is 30.7. The van der Waals surface area contributed by atoms with Gasteiger partial charge in [0.15, 0.2) is 0 Å². The number of carbonyl (C=O) groups is 1. The van der Waals surface area contributed by atoms with Gasteiger partial charge in [-0.2, -0.15) is 0 Å². The van der Waals surface area contributed by atoms with Crippen LogP contribution in [0.4, 0.5) is 0 Å². The van der Waals surface area contributed by atoms with Gasteiger partial charge >= 0.3 is 5.97 Å². The lowest BCUT2D eigenvalue weighted by molar-refractivity contribution is -0.189. The lowest BCUT2D eigenvalue weighted by Crippen LogP contribution is -2.58. The minimum atomic E-state index is -1.04. The fourth-order valence-electron chi connectivity index (χ4n) is 3.91. The molecular formula is C19H28O4. The van der Waals surface area contributed by atoms with Crippen molar-refractivity contribution in [3.8, 4) is 5.75 Å². The Bertz CT molecular complexity index is 539. The van der Waals surface area contributed by atoms with Crippen LogP contribution in [0.3, 0.4) is 0 Å². The van der Waals surface area contributed by atoms with Gasteiger partial charge < -0.3 is 14.6 Å². The summed E-state index contributed by atoms with van der Waals surface area (Å²) in [6, 6.07) is 7.85. The molecule has 2 rings (SSSR count). The lowest BCUT2D eigenvalue weighted by Gasteiger charge is -2.50. The van der Waals surface area contributed by atoms with Gasteiger partial charge in [0.1, 0.15) is 5.75 Å². The molecule has 4 nitrogen and oxygen atoms in total. The maximum atomic E-state index is 12.3. The molecule has 23 heavy (non-hydrogen) atoms. The quantitative estimate of drug-likeness (QED) is 0.845. The van der Waals surface area contributed by atoms with Crippen molar-refractivity contribution in [2.75, 3.05) is 14.2 Å². The summed E-state index contributed by atoms with van der Waals surface area (Å²) < 4.78 is 10.2. The predicted octanol–water partition coefficient (Wildman–Crippen LogP) is 3.36. The van der Waals surface area contributed by atoms with E-state index in [1.807, 2.05) is 38.1 Å². The third-order valence-electron chi connectivity index (χ3n) is 5.67. The van der Waals surface area contributed by atoms with Crippen LogP contribution in [-0.4, -0.2) is 30.9 Å². The van der Waals surface area contributed by atoms with E-state index in [0.29, 0.717) is 12.8 Å². The highest BCUT2D eigenvalue weighted by atomic mass is 16.5. The number of rotatable bonds is 5. The number of methoxy groups -OCH3 is 2. The van der Waals surface area contributed by atoms with E-state index < -0.39 is 11.0 Å². The molecule has 0 heterocycles. The summed E-state index contributed by atoms with van der Waals surface area (Å²) in [5.41, 5.74) is -0.756. The number of ether oxygens (including phenoxy) is 2. The van der Waals surface area contributed by atoms with Crippen molar-refractivity contribution in [1.29, 1.82) is 0 Å². The van der Waals surface area contributed by atoms with Gasteiger partial charge in [0, 0.05) is 0 Å². The van der Waals surface area contributed by atoms with Crippen molar-refractivity contribution >= 4 is 5.97 Å². The zero-order valence-corrected chi connectivity index (χ0v) is 14.6. The summed E-state index contributed by atoms with van der Waals surface area (Å²) in [6.45, 7) is 3.89. The first-order valence-corrected chi connectivity index (χ1v) is 8.31. The van der Waals surface area contributed by atoms with E-state index in [1.54, 1.807) is 7.11 Å². The fraction of sp³-hybridized carbons (Fsp3) is 0.632. The summed E-state index contributed by atoms with van der Waals surface area (Å²) in [5, 5.41) is 11.4. The van der Waals surface area contributed by atoms with E-state index >= 15 is 0 Å². The Balaban J connectivity index is 2.19. The number of benzene rings is 1. The van der Waals surface area contributed by atoms with Gasteiger partial charge in [-0.15, -0.1) is 0 Å². The minimum absolute atomic E-state index is 0.0681. The fourth-order valence-corrected chi connectivity index (χ4v) is 3.91. The first-order valence-electron chi connectivity index (χ1n) is 8.31. The highest BCUT2D eigenvalue weighted by molar-refractivity contribution is 5.78. The van der Waals surface area contributed by atoms with E-state index in [9.17, 15) is 9.90 Å². The predicted molar refractivity (Wildman–Crippen MR) is 89.4 cm³/mol. The second-order valence-electron chi connectivity index (χ2n) is 6.89. The first-order chi connectivity index (χ1) is 10.9. The van der Waals surface area contributed by atoms with E-state index in [4.69, 9.17) is 9.47 Å². The van der Waals surface area contributed by atoms with E-state index in [1.165, 1.54) is 7.11 Å². The van der Waals surface area contributed by atoms with Crippen LogP contribution in [0, 0.1) is 11.3 Å². The highest BCUT2D eigenvalue weighted by Crippen LogP contribution is 2.50. The average Bonchev–Trinajstić information content (AvgIpc) is 2.57. The molecule has 1 fully saturated rings. The molecule has 1 saturated carbocycles. The van der Waals surface area contributed by atoms with Crippen LogP contribution < -0.4 is 4.74 Å². The maximum Gasteiger partial charge on any atom is 0.314 e. The van der Waals surface area contributed by atoms with Crippen LogP contribution in [0.25, 0.3) is 0 Å². The van der Waals surface area contributed by atoms with Crippen LogP contribution in [0.1, 0.15) is 45.1 Å². The van der Waals surface area contributed by atoms with Crippen LogP contribution in [0.15, 0.2) is 24.3 Å². The molecule has 0 saturated heterocycles. The topological polar surface area (TPSA) is 55.8 Å². The second-order valence-corrected chi connectivity index (χ2v) is 6.89. The van der Waals surface area contributed by atoms with Crippen LogP contribution in [0.5, 0.6) is 5.75 Å². The maximum absolute atomic E-state index is 12.3. The van der Waals surface area contributed by atoms with Gasteiger partial charge in [-0.1, -0.05) is 25.5 Å². The van der Waals surface area contributed by atoms with Gasteiger partial charge in [-0.3, -0.25) is 4.79 Å². The van der Waals surface area contributed by atoms with Crippen molar-refractivity contribution in [2.45, 2.75) is 51.6 Å². The zero-order valence-electron chi connectivity index (χ0n) is 14.6. The molecule has 0 radical (unpaired) electrons. The zero-order chi connectivity index (χ0) is 17.1. The molecule has 1 N–H and O–H groups in total. The Labute approximate surface area is 138 Å². The van der Waals surface area contributed by atoms with Crippen molar-refractivity contribution in [1.82, 2.24) is 0 Å². The summed E-state index contributed by atoms with van der Waals surface area (Å²) in [4.78, 5) is 12.3. The Kier molecular flexibility index (Phi) is 5.35. The highest BCUT2D eigenvalue weighted by Gasteiger charge is 2.57. The Morgan fingerprint density at radius 2 is 1.96 bits per heavy atom. The molecule has 0 aromatic heterocycles. The van der Waals surface area contributed by atoms with E-state index in [-0.39, 0.29) is 11.9 Å². The number of hydrogen-bond acceptors (Lipinski definition) is 4. The SMILES string of the molecule is COC(=O)[C@]1(C)CCC[C@@H](C)C1(O)CCc1ccc(OC)cc1. The molecule has 0 spiro atoms. The van der Waals surface area contributed by atoms with Gasteiger partial charge in [0.2, 0.25) is 0 Å². The smallest absolute Gasteiger partial charge is 0.314 e. The Morgan fingerprint density at radius 1 is 1.30 bits per heavy atom. The van der Waals surface area contributed by atoms with E-state index in [2.05, 4.69) is 0 Å². The molecule has 1 aromatic rings. The second kappa shape index (κ2) is 6.91. The summed E-state index contributed by atoms with van der Waals surface area (Å²) in [6.07, 6.45) is 3.82. The summed E-state index contributed by atoms with van der Waals surface area (Å²) in [5.74, 6) is 0.581. The molecule has 3 atom stereocenters. The van der Waals surface area contributed by atoms with Crippen LogP contribution in [0.2, 0.25) is 0 Å². The first kappa shape index (κ1) is 17.8. The number of hydrogen-bond donors (Lipinski definition) is 1. The largest absolute Gasteiger partial charge is 0.497 e. The molecular weight excluding hydrogens is 292 g/mol. The minimum Gasteiger partial charge on any atom is -0.497 e. The summed E-state index contributed by atoms with van der Waals surface area (Å²) >= 11 is 0. The molecule has 4 heteroatoms. The van der Waals surface area contributed by atoms with Gasteiger partial charge in [-0.05, 0) is 56.2 Å². The molecule has 0 bridgehead atoms. The molecule has 1 aliphatic carbocycles. The van der Waals surface area contributed by atoms with Gasteiger partial charge in [-0.25, -0.2) is 0 Å². The molecule has 1 unspecified atom stereocenters. The van der Waals surface area contributed by atoms with Gasteiger partial charge in [0.25, 0.3) is 0 Å². The van der Waals surface area contributed by atoms with Crippen molar-refractivity contribution in [2.24, 2.45) is 11.3 Å². The number of carbonyl (C=O) groups excluding carboxylic acids is 1.